The number of aliphatic hydroxyl groups is 1. The van der Waals surface area contributed by atoms with Crippen molar-refractivity contribution in [3.8, 4) is 0 Å². The summed E-state index contributed by atoms with van der Waals surface area (Å²) in [6, 6.07) is 5.32. The Morgan fingerprint density at radius 3 is 3.00 bits per heavy atom. The molecule has 162 valence electrons. The first-order chi connectivity index (χ1) is 15.4. The van der Waals surface area contributed by atoms with Gasteiger partial charge in [-0.25, -0.2) is 4.98 Å². The van der Waals surface area contributed by atoms with E-state index in [1.165, 1.54) is 27.1 Å². The van der Waals surface area contributed by atoms with Gasteiger partial charge in [-0.1, -0.05) is 6.07 Å². The molecule has 3 N–H and O–H groups in total. The fourth-order valence-corrected chi connectivity index (χ4v) is 4.21. The predicted octanol–water partition coefficient (Wildman–Crippen LogP) is 1.21. The van der Waals surface area contributed by atoms with E-state index in [1.54, 1.807) is 18.2 Å². The van der Waals surface area contributed by atoms with E-state index in [9.17, 15) is 19.1 Å². The molecule has 1 aromatic carbocycles. The maximum absolute atomic E-state index is 13.2. The number of primary amides is 1. The largest absolute Gasteiger partial charge is 0.431 e. The van der Waals surface area contributed by atoms with E-state index >= 15 is 0 Å². The van der Waals surface area contributed by atoms with Crippen LogP contribution < -0.4 is 11.3 Å². The van der Waals surface area contributed by atoms with Gasteiger partial charge < -0.3 is 15.3 Å². The first kappa shape index (κ1) is 20.0. The molecule has 1 atom stereocenters. The number of benzene rings is 1. The predicted molar refractivity (Wildman–Crippen MR) is 110 cm³/mol. The SMILES string of the molecule is NC(=O)c1csc2ncn(Cc3nnn(C[C@H](O)c4ccc5oc(F)cc5c4)n3)c(=O)c12. The summed E-state index contributed by atoms with van der Waals surface area (Å²) < 4.78 is 19.4. The van der Waals surface area contributed by atoms with Crippen LogP contribution in [-0.2, 0) is 13.1 Å². The lowest BCUT2D eigenvalue weighted by Crippen LogP contribution is -2.23. The summed E-state index contributed by atoms with van der Waals surface area (Å²) in [5.74, 6) is -0.494. The van der Waals surface area contributed by atoms with Gasteiger partial charge in [-0.3, -0.25) is 14.2 Å². The van der Waals surface area contributed by atoms with Crippen molar-refractivity contribution in [2.24, 2.45) is 5.73 Å². The van der Waals surface area contributed by atoms with Gasteiger partial charge in [0.25, 0.3) is 11.6 Å². The Morgan fingerprint density at radius 1 is 1.34 bits per heavy atom. The van der Waals surface area contributed by atoms with Crippen LogP contribution in [-0.4, -0.2) is 40.8 Å². The van der Waals surface area contributed by atoms with Crippen molar-refractivity contribution < 1.29 is 18.7 Å². The molecule has 0 saturated carbocycles. The Labute approximate surface area is 181 Å². The molecule has 1 amide bonds. The van der Waals surface area contributed by atoms with E-state index < -0.39 is 23.6 Å². The second kappa shape index (κ2) is 7.62. The van der Waals surface area contributed by atoms with Crippen molar-refractivity contribution in [3.05, 3.63) is 69.3 Å². The molecule has 0 aliphatic carbocycles. The van der Waals surface area contributed by atoms with E-state index in [0.29, 0.717) is 21.4 Å². The highest BCUT2D eigenvalue weighted by molar-refractivity contribution is 7.17. The van der Waals surface area contributed by atoms with Crippen LogP contribution in [0.5, 0.6) is 0 Å². The van der Waals surface area contributed by atoms with Crippen LogP contribution in [0.3, 0.4) is 0 Å². The molecule has 0 radical (unpaired) electrons. The topological polar surface area (TPSA) is 155 Å². The maximum atomic E-state index is 13.2. The number of aliphatic hydroxyl groups excluding tert-OH is 1. The van der Waals surface area contributed by atoms with Gasteiger partial charge in [0.15, 0.2) is 5.82 Å². The monoisotopic (exact) mass is 455 g/mol. The number of nitrogens with zero attached hydrogens (tertiary/aromatic N) is 6. The number of rotatable bonds is 6. The average Bonchev–Trinajstić information content (AvgIpc) is 3.47. The number of furan rings is 1. The van der Waals surface area contributed by atoms with Crippen molar-refractivity contribution in [3.63, 3.8) is 0 Å². The third-order valence-electron chi connectivity index (χ3n) is 4.86. The Balaban J connectivity index is 1.35. The molecule has 0 saturated heterocycles. The van der Waals surface area contributed by atoms with Crippen molar-refractivity contribution in [1.82, 2.24) is 29.8 Å². The molecule has 0 fully saturated rings. The van der Waals surface area contributed by atoms with Gasteiger partial charge in [-0.15, -0.1) is 21.5 Å². The molecule has 5 aromatic rings. The molecule has 0 bridgehead atoms. The Bertz CT molecular complexity index is 1540. The summed E-state index contributed by atoms with van der Waals surface area (Å²) >= 11 is 1.15. The van der Waals surface area contributed by atoms with Gasteiger partial charge >= 0.3 is 0 Å². The number of thiophene rings is 1. The lowest BCUT2D eigenvalue weighted by atomic mass is 10.1. The van der Waals surface area contributed by atoms with Crippen molar-refractivity contribution in [2.45, 2.75) is 19.2 Å². The van der Waals surface area contributed by atoms with E-state index in [-0.39, 0.29) is 29.9 Å². The Morgan fingerprint density at radius 2 is 2.19 bits per heavy atom. The maximum Gasteiger partial charge on any atom is 0.278 e. The number of amides is 1. The first-order valence-corrected chi connectivity index (χ1v) is 10.2. The van der Waals surface area contributed by atoms with Crippen molar-refractivity contribution in [2.75, 3.05) is 0 Å². The molecule has 0 aliphatic heterocycles. The highest BCUT2D eigenvalue weighted by atomic mass is 32.1. The third-order valence-corrected chi connectivity index (χ3v) is 5.75. The van der Waals surface area contributed by atoms with Gasteiger partial charge in [0.1, 0.15) is 16.5 Å². The zero-order valence-corrected chi connectivity index (χ0v) is 17.0. The number of hydrogen-bond acceptors (Lipinski definition) is 9. The fourth-order valence-electron chi connectivity index (χ4n) is 3.33. The molecule has 32 heavy (non-hydrogen) atoms. The molecule has 11 nitrogen and oxygen atoms in total. The summed E-state index contributed by atoms with van der Waals surface area (Å²) in [5.41, 5.74) is 5.91. The standard InChI is InChI=1S/C19H14FN7O4S/c20-14-4-10-3-9(1-2-13(10)31-14)12(28)5-27-24-15(23-25-27)6-26-8-22-18-16(19(26)30)11(7-32-18)17(21)29/h1-4,7-8,12,28H,5-6H2,(H2,21,29)/t12-/m0/s1. The van der Waals surface area contributed by atoms with Crippen LogP contribution in [0.2, 0.25) is 0 Å². The molecule has 4 aromatic heterocycles. The smallest absolute Gasteiger partial charge is 0.278 e. The minimum Gasteiger partial charge on any atom is -0.431 e. The summed E-state index contributed by atoms with van der Waals surface area (Å²) in [4.78, 5) is 30.1. The first-order valence-electron chi connectivity index (χ1n) is 9.29. The number of carbonyl (C=O) groups is 1. The lowest BCUT2D eigenvalue weighted by Gasteiger charge is -2.09. The Kier molecular flexibility index (Phi) is 4.75. The number of nitrogens with two attached hydrogens (primary N) is 1. The zero-order chi connectivity index (χ0) is 22.4. The molecular weight excluding hydrogens is 441 g/mol. The van der Waals surface area contributed by atoms with Crippen LogP contribution in [0.4, 0.5) is 4.39 Å². The third kappa shape index (κ3) is 3.52. The highest BCUT2D eigenvalue weighted by Gasteiger charge is 2.17. The normalized spacial score (nSPS) is 12.6. The van der Waals surface area contributed by atoms with E-state index in [2.05, 4.69) is 20.4 Å². The van der Waals surface area contributed by atoms with Gasteiger partial charge in [-0.05, 0) is 22.9 Å². The second-order valence-corrected chi connectivity index (χ2v) is 7.85. The number of fused-ring (bicyclic) bond motifs is 2. The van der Waals surface area contributed by atoms with Gasteiger partial charge in [0.2, 0.25) is 5.91 Å². The van der Waals surface area contributed by atoms with Crippen molar-refractivity contribution in [1.29, 1.82) is 0 Å². The molecule has 0 unspecified atom stereocenters. The highest BCUT2D eigenvalue weighted by Crippen LogP contribution is 2.24. The van der Waals surface area contributed by atoms with E-state index in [4.69, 9.17) is 10.2 Å². The van der Waals surface area contributed by atoms with Gasteiger partial charge in [0.05, 0.1) is 30.4 Å². The van der Waals surface area contributed by atoms with Crippen LogP contribution >= 0.6 is 11.3 Å². The molecule has 13 heteroatoms. The van der Waals surface area contributed by atoms with Crippen LogP contribution in [0.25, 0.3) is 21.2 Å². The second-order valence-electron chi connectivity index (χ2n) is 7.00. The number of halogens is 1. The summed E-state index contributed by atoms with van der Waals surface area (Å²) in [6.45, 7) is -0.0481. The number of hydrogen-bond donors (Lipinski definition) is 2. The molecular formula is C19H14FN7O4S. The summed E-state index contributed by atoms with van der Waals surface area (Å²) in [6.07, 6.45) is 0.352. The number of tetrazole rings is 1. The minimum atomic E-state index is -0.982. The number of carbonyl (C=O) groups excluding carboxylic acids is 1. The average molecular weight is 455 g/mol. The van der Waals surface area contributed by atoms with E-state index in [0.717, 1.165) is 11.3 Å². The van der Waals surface area contributed by atoms with Crippen molar-refractivity contribution >= 4 is 38.4 Å². The molecule has 0 spiro atoms. The van der Waals surface area contributed by atoms with E-state index in [1.807, 2.05) is 0 Å². The Hall–Kier alpha value is -3.97. The summed E-state index contributed by atoms with van der Waals surface area (Å²) in [7, 11) is 0. The lowest BCUT2D eigenvalue weighted by molar-refractivity contribution is 0.100. The van der Waals surface area contributed by atoms with Gasteiger partial charge in [0, 0.05) is 16.8 Å². The number of aromatic nitrogens is 6. The quantitative estimate of drug-likeness (QED) is 0.387. The van der Waals surface area contributed by atoms with Crippen LogP contribution in [0.1, 0.15) is 27.8 Å². The minimum absolute atomic E-state index is 0.0125. The molecule has 4 heterocycles. The van der Waals surface area contributed by atoms with Gasteiger partial charge in [-0.2, -0.15) is 9.19 Å². The zero-order valence-electron chi connectivity index (χ0n) is 16.2. The van der Waals surface area contributed by atoms with Crippen LogP contribution in [0, 0.1) is 6.01 Å². The molecule has 5 rings (SSSR count). The van der Waals surface area contributed by atoms with Crippen LogP contribution in [0.15, 0.2) is 45.2 Å². The fraction of sp³-hybridized carbons (Fsp3) is 0.158. The summed E-state index contributed by atoms with van der Waals surface area (Å²) in [5, 5.41) is 24.7. The molecule has 0 aliphatic rings.